The average molecular weight is 263 g/mol. The maximum atomic E-state index is 12.9. The first kappa shape index (κ1) is 13.9. The van der Waals surface area contributed by atoms with Crippen molar-refractivity contribution in [1.29, 1.82) is 0 Å². The standard InChI is InChI=1S/C15H21NO3/c1-4-15(7-8-16-10-15)14(17)12-9-11(18-2)5-6-13(12)19-3/h5-6,9,16H,4,7-8,10H2,1-3H3. The van der Waals surface area contributed by atoms with Crippen molar-refractivity contribution in [2.45, 2.75) is 19.8 Å². The molecule has 0 saturated carbocycles. The van der Waals surface area contributed by atoms with Gasteiger partial charge in [0.05, 0.1) is 19.8 Å². The molecule has 1 heterocycles. The Kier molecular flexibility index (Phi) is 4.10. The van der Waals surface area contributed by atoms with Crippen LogP contribution in [0.15, 0.2) is 18.2 Å². The number of Topliss-reactive ketones (excluding diaryl/α,β-unsaturated/α-hetero) is 1. The van der Waals surface area contributed by atoms with Crippen molar-refractivity contribution in [3.8, 4) is 11.5 Å². The van der Waals surface area contributed by atoms with Crippen LogP contribution < -0.4 is 14.8 Å². The molecule has 0 radical (unpaired) electrons. The maximum absolute atomic E-state index is 12.9. The van der Waals surface area contributed by atoms with Crippen LogP contribution in [0.2, 0.25) is 0 Å². The first-order chi connectivity index (χ1) is 9.16. The number of carbonyl (C=O) groups excluding carboxylic acids is 1. The molecular formula is C15H21NO3. The summed E-state index contributed by atoms with van der Waals surface area (Å²) in [5.41, 5.74) is 0.312. The predicted molar refractivity (Wildman–Crippen MR) is 74.1 cm³/mol. The molecule has 19 heavy (non-hydrogen) atoms. The first-order valence-corrected chi connectivity index (χ1v) is 6.64. The van der Waals surface area contributed by atoms with Gasteiger partial charge in [-0.3, -0.25) is 4.79 Å². The van der Waals surface area contributed by atoms with E-state index in [1.165, 1.54) is 0 Å². The van der Waals surface area contributed by atoms with Crippen LogP contribution >= 0.6 is 0 Å². The molecule has 1 aliphatic rings. The van der Waals surface area contributed by atoms with Gasteiger partial charge in [0, 0.05) is 12.0 Å². The van der Waals surface area contributed by atoms with Gasteiger partial charge in [0.15, 0.2) is 5.78 Å². The Labute approximate surface area is 114 Å². The number of carbonyl (C=O) groups is 1. The molecular weight excluding hydrogens is 242 g/mol. The third-order valence-electron chi connectivity index (χ3n) is 4.05. The van der Waals surface area contributed by atoms with E-state index in [1.807, 2.05) is 0 Å². The van der Waals surface area contributed by atoms with E-state index in [2.05, 4.69) is 12.2 Å². The number of ether oxygens (including phenoxy) is 2. The Bertz CT molecular complexity index is 464. The zero-order valence-electron chi connectivity index (χ0n) is 11.8. The smallest absolute Gasteiger partial charge is 0.174 e. The van der Waals surface area contributed by atoms with Crippen LogP contribution in [0.1, 0.15) is 30.1 Å². The minimum Gasteiger partial charge on any atom is -0.497 e. The van der Waals surface area contributed by atoms with Gasteiger partial charge in [-0.25, -0.2) is 0 Å². The normalized spacial score (nSPS) is 22.3. The Balaban J connectivity index is 2.41. The number of nitrogens with one attached hydrogen (secondary N) is 1. The molecule has 4 heteroatoms. The second-order valence-electron chi connectivity index (χ2n) is 4.96. The lowest BCUT2D eigenvalue weighted by Gasteiger charge is -2.25. The highest BCUT2D eigenvalue weighted by atomic mass is 16.5. The molecule has 1 aromatic carbocycles. The first-order valence-electron chi connectivity index (χ1n) is 6.64. The topological polar surface area (TPSA) is 47.6 Å². The van der Waals surface area contributed by atoms with Crippen LogP contribution in [0, 0.1) is 5.41 Å². The lowest BCUT2D eigenvalue weighted by Crippen LogP contribution is -2.33. The molecule has 1 fully saturated rings. The van der Waals surface area contributed by atoms with E-state index in [9.17, 15) is 4.79 Å². The molecule has 0 aromatic heterocycles. The van der Waals surface area contributed by atoms with E-state index in [0.717, 1.165) is 25.9 Å². The van der Waals surface area contributed by atoms with Crippen molar-refractivity contribution in [1.82, 2.24) is 5.32 Å². The van der Waals surface area contributed by atoms with E-state index in [-0.39, 0.29) is 11.2 Å². The summed E-state index contributed by atoms with van der Waals surface area (Å²) >= 11 is 0. The fourth-order valence-electron chi connectivity index (χ4n) is 2.68. The van der Waals surface area contributed by atoms with E-state index in [1.54, 1.807) is 32.4 Å². The van der Waals surface area contributed by atoms with Crippen molar-refractivity contribution >= 4 is 5.78 Å². The molecule has 1 saturated heterocycles. The number of methoxy groups -OCH3 is 2. The molecule has 1 atom stereocenters. The van der Waals surface area contributed by atoms with Crippen LogP contribution in [-0.2, 0) is 0 Å². The molecule has 1 aliphatic heterocycles. The highest BCUT2D eigenvalue weighted by molar-refractivity contribution is 6.03. The Morgan fingerprint density at radius 3 is 2.68 bits per heavy atom. The monoisotopic (exact) mass is 263 g/mol. The predicted octanol–water partition coefficient (Wildman–Crippen LogP) is 2.28. The SMILES string of the molecule is CCC1(C(=O)c2cc(OC)ccc2OC)CCNC1. The van der Waals surface area contributed by atoms with E-state index < -0.39 is 0 Å². The van der Waals surface area contributed by atoms with Gasteiger partial charge in [-0.05, 0) is 37.6 Å². The van der Waals surface area contributed by atoms with E-state index in [0.29, 0.717) is 17.1 Å². The number of hydrogen-bond acceptors (Lipinski definition) is 4. The van der Waals surface area contributed by atoms with Crippen LogP contribution in [0.25, 0.3) is 0 Å². The van der Waals surface area contributed by atoms with Crippen LogP contribution in [0.5, 0.6) is 11.5 Å². The van der Waals surface area contributed by atoms with Gasteiger partial charge in [-0.2, -0.15) is 0 Å². The van der Waals surface area contributed by atoms with Crippen LogP contribution in [0.4, 0.5) is 0 Å². The minimum atomic E-state index is -0.306. The minimum absolute atomic E-state index is 0.149. The fourth-order valence-corrected chi connectivity index (χ4v) is 2.68. The molecule has 1 N–H and O–H groups in total. The molecule has 0 amide bonds. The second-order valence-corrected chi connectivity index (χ2v) is 4.96. The summed E-state index contributed by atoms with van der Waals surface area (Å²) in [4.78, 5) is 12.9. The van der Waals surface area contributed by atoms with Crippen molar-refractivity contribution in [2.75, 3.05) is 27.3 Å². The molecule has 2 rings (SSSR count). The third-order valence-corrected chi connectivity index (χ3v) is 4.05. The molecule has 4 nitrogen and oxygen atoms in total. The summed E-state index contributed by atoms with van der Waals surface area (Å²) in [5.74, 6) is 1.45. The molecule has 104 valence electrons. The molecule has 1 aromatic rings. The Morgan fingerprint density at radius 2 is 2.16 bits per heavy atom. The Hall–Kier alpha value is -1.55. The number of ketones is 1. The average Bonchev–Trinajstić information content (AvgIpc) is 2.95. The molecule has 0 bridgehead atoms. The number of benzene rings is 1. The van der Waals surface area contributed by atoms with Crippen molar-refractivity contribution in [3.05, 3.63) is 23.8 Å². The summed E-state index contributed by atoms with van der Waals surface area (Å²) < 4.78 is 10.5. The third kappa shape index (κ3) is 2.45. The van der Waals surface area contributed by atoms with Crippen molar-refractivity contribution in [3.63, 3.8) is 0 Å². The molecule has 0 spiro atoms. The van der Waals surface area contributed by atoms with Gasteiger partial charge < -0.3 is 14.8 Å². The van der Waals surface area contributed by atoms with Gasteiger partial charge in [0.25, 0.3) is 0 Å². The largest absolute Gasteiger partial charge is 0.497 e. The molecule has 0 aliphatic carbocycles. The quantitative estimate of drug-likeness (QED) is 0.828. The highest BCUT2D eigenvalue weighted by Crippen LogP contribution is 2.37. The summed E-state index contributed by atoms with van der Waals surface area (Å²) in [7, 11) is 3.19. The van der Waals surface area contributed by atoms with E-state index in [4.69, 9.17) is 9.47 Å². The summed E-state index contributed by atoms with van der Waals surface area (Å²) in [5, 5.41) is 3.29. The lowest BCUT2D eigenvalue weighted by molar-refractivity contribution is 0.0807. The fraction of sp³-hybridized carbons (Fsp3) is 0.533. The van der Waals surface area contributed by atoms with Gasteiger partial charge in [0.1, 0.15) is 11.5 Å². The zero-order valence-corrected chi connectivity index (χ0v) is 11.8. The number of hydrogen-bond donors (Lipinski definition) is 1. The maximum Gasteiger partial charge on any atom is 0.174 e. The van der Waals surface area contributed by atoms with Crippen LogP contribution in [0.3, 0.4) is 0 Å². The highest BCUT2D eigenvalue weighted by Gasteiger charge is 2.40. The van der Waals surface area contributed by atoms with Gasteiger partial charge in [-0.1, -0.05) is 6.92 Å². The van der Waals surface area contributed by atoms with Gasteiger partial charge >= 0.3 is 0 Å². The van der Waals surface area contributed by atoms with Crippen LogP contribution in [-0.4, -0.2) is 33.1 Å². The summed E-state index contributed by atoms with van der Waals surface area (Å²) in [6, 6.07) is 5.37. The number of rotatable bonds is 5. The second kappa shape index (κ2) is 5.61. The van der Waals surface area contributed by atoms with Crippen molar-refractivity contribution in [2.24, 2.45) is 5.41 Å². The molecule has 1 unspecified atom stereocenters. The van der Waals surface area contributed by atoms with Crippen molar-refractivity contribution < 1.29 is 14.3 Å². The van der Waals surface area contributed by atoms with Gasteiger partial charge in [0.2, 0.25) is 0 Å². The summed E-state index contributed by atoms with van der Waals surface area (Å²) in [6.07, 6.45) is 1.71. The Morgan fingerprint density at radius 1 is 1.37 bits per heavy atom. The lowest BCUT2D eigenvalue weighted by atomic mass is 9.77. The zero-order chi connectivity index (χ0) is 13.9. The van der Waals surface area contributed by atoms with E-state index >= 15 is 0 Å². The summed E-state index contributed by atoms with van der Waals surface area (Å²) in [6.45, 7) is 3.70. The van der Waals surface area contributed by atoms with Gasteiger partial charge in [-0.15, -0.1) is 0 Å².